The van der Waals surface area contributed by atoms with Gasteiger partial charge < -0.3 is 19.3 Å². The number of fused-ring (bicyclic) bond motifs is 5. The molecule has 1 unspecified atom stereocenters. The highest BCUT2D eigenvalue weighted by molar-refractivity contribution is 6.01. The van der Waals surface area contributed by atoms with Gasteiger partial charge in [0.25, 0.3) is 0 Å². The molecule has 0 amide bonds. The van der Waals surface area contributed by atoms with Gasteiger partial charge in [-0.2, -0.15) is 0 Å². The lowest BCUT2D eigenvalue weighted by atomic mass is 9.46. The largest absolute Gasteiger partial charge is 0.458 e. The molecule has 33 heavy (non-hydrogen) atoms. The summed E-state index contributed by atoms with van der Waals surface area (Å²) in [6, 6.07) is 0. The number of Topliss-reactive ketones (excluding diaryl/α,β-unsaturated/α-hetero) is 1. The molecule has 0 bridgehead atoms. The zero-order valence-electron chi connectivity index (χ0n) is 20.1. The number of esters is 1. The maximum atomic E-state index is 13.5. The molecule has 4 rings (SSSR count). The lowest BCUT2D eigenvalue weighted by molar-refractivity contribution is -0.218. The Hall–Kier alpha value is -1.83. The minimum Gasteiger partial charge on any atom is -0.458 e. The van der Waals surface area contributed by atoms with Crippen molar-refractivity contribution in [2.45, 2.75) is 71.5 Å². The number of carbonyl (C=O) groups is 3. The van der Waals surface area contributed by atoms with Crippen LogP contribution < -0.4 is 0 Å². The van der Waals surface area contributed by atoms with Crippen molar-refractivity contribution in [2.24, 2.45) is 28.6 Å². The fraction of sp³-hybridized carbons (Fsp3) is 0.731. The lowest BCUT2D eigenvalue weighted by Crippen LogP contribution is -2.62. The maximum absolute atomic E-state index is 13.5. The van der Waals surface area contributed by atoms with E-state index in [9.17, 15) is 19.5 Å². The van der Waals surface area contributed by atoms with Gasteiger partial charge in [-0.3, -0.25) is 14.4 Å². The van der Waals surface area contributed by atoms with Crippen molar-refractivity contribution >= 4 is 17.5 Å². The quantitative estimate of drug-likeness (QED) is 0.354. The van der Waals surface area contributed by atoms with E-state index in [0.29, 0.717) is 19.4 Å². The molecule has 0 aliphatic heterocycles. The summed E-state index contributed by atoms with van der Waals surface area (Å²) in [6.07, 6.45) is 8.06. The highest BCUT2D eigenvalue weighted by Crippen LogP contribution is 2.67. The van der Waals surface area contributed by atoms with Gasteiger partial charge in [-0.05, 0) is 63.0 Å². The molecule has 4 aliphatic rings. The molecule has 0 radical (unpaired) electrons. The summed E-state index contributed by atoms with van der Waals surface area (Å²) in [7, 11) is 0. The molecular formula is C26H36O7. The Balaban J connectivity index is 1.69. The SMILES string of the molecule is CCOCO[C@]1(C(=O)COC(C)=O)CC[C@H]2[C@@H]3CCC4=CC(=O)C=C[C@]4(C)[C@H]3C(O)C[C@@]21C. The Labute approximate surface area is 195 Å². The second kappa shape index (κ2) is 8.75. The van der Waals surface area contributed by atoms with E-state index in [4.69, 9.17) is 14.2 Å². The van der Waals surface area contributed by atoms with Crippen molar-refractivity contribution in [3.05, 3.63) is 23.8 Å². The van der Waals surface area contributed by atoms with Gasteiger partial charge >= 0.3 is 5.97 Å². The summed E-state index contributed by atoms with van der Waals surface area (Å²) in [5.41, 5.74) is -1.06. The monoisotopic (exact) mass is 460 g/mol. The third-order valence-electron chi connectivity index (χ3n) is 9.07. The minimum atomic E-state index is -1.18. The van der Waals surface area contributed by atoms with E-state index in [2.05, 4.69) is 13.8 Å². The average Bonchev–Trinajstić information content (AvgIpc) is 3.05. The van der Waals surface area contributed by atoms with Crippen LogP contribution in [0.4, 0.5) is 0 Å². The predicted octanol–water partition coefficient (Wildman–Crippen LogP) is 3.15. The van der Waals surface area contributed by atoms with Gasteiger partial charge in [0.15, 0.2) is 12.4 Å². The summed E-state index contributed by atoms with van der Waals surface area (Å²) in [5, 5.41) is 11.6. The minimum absolute atomic E-state index is 0.0105. The number of hydrogen-bond donors (Lipinski definition) is 1. The van der Waals surface area contributed by atoms with Crippen molar-refractivity contribution < 1.29 is 33.7 Å². The third-order valence-corrected chi connectivity index (χ3v) is 9.07. The zero-order chi connectivity index (χ0) is 24.0. The van der Waals surface area contributed by atoms with E-state index in [0.717, 1.165) is 24.8 Å². The fourth-order valence-corrected chi connectivity index (χ4v) is 7.60. The molecule has 0 heterocycles. The number of hydrogen-bond acceptors (Lipinski definition) is 7. The molecule has 0 spiro atoms. The van der Waals surface area contributed by atoms with Crippen LogP contribution in [0.2, 0.25) is 0 Å². The summed E-state index contributed by atoms with van der Waals surface area (Å²) >= 11 is 0. The molecule has 182 valence electrons. The third kappa shape index (κ3) is 3.72. The summed E-state index contributed by atoms with van der Waals surface area (Å²) in [6.45, 7) is 7.42. The second-order valence-electron chi connectivity index (χ2n) is 10.5. The summed E-state index contributed by atoms with van der Waals surface area (Å²) < 4.78 is 16.8. The van der Waals surface area contributed by atoms with Gasteiger partial charge in [0, 0.05) is 30.3 Å². The molecule has 1 N–H and O–H groups in total. The molecule has 0 saturated heterocycles. The first-order chi connectivity index (χ1) is 15.6. The first kappa shape index (κ1) is 24.3. The topological polar surface area (TPSA) is 99.1 Å². The molecule has 3 fully saturated rings. The number of rotatable bonds is 7. The number of aliphatic hydroxyl groups is 1. The van der Waals surface area contributed by atoms with Crippen LogP contribution in [-0.4, -0.2) is 54.4 Å². The van der Waals surface area contributed by atoms with Crippen LogP contribution in [0.25, 0.3) is 0 Å². The van der Waals surface area contributed by atoms with Crippen molar-refractivity contribution in [1.29, 1.82) is 0 Å². The van der Waals surface area contributed by atoms with E-state index in [1.165, 1.54) is 6.92 Å². The summed E-state index contributed by atoms with van der Waals surface area (Å²) in [4.78, 5) is 36.9. The van der Waals surface area contributed by atoms with Gasteiger partial charge in [-0.15, -0.1) is 0 Å². The first-order valence-corrected chi connectivity index (χ1v) is 12.1. The smallest absolute Gasteiger partial charge is 0.303 e. The number of allylic oxidation sites excluding steroid dienone is 4. The number of carbonyl (C=O) groups excluding carboxylic acids is 3. The van der Waals surface area contributed by atoms with Gasteiger partial charge in [0.05, 0.1) is 6.10 Å². The Kier molecular flexibility index (Phi) is 6.44. The standard InChI is InChI=1S/C26H36O7/c1-5-31-15-33-26(22(30)14-32-16(2)27)11-9-20-19-7-6-17-12-18(28)8-10-24(17,3)23(19)21(29)13-25(20,26)4/h8,10,12,19-21,23,29H,5-7,9,11,13-15H2,1-4H3/t19-,20-,21?,23+,24-,25-,26-/m0/s1. The van der Waals surface area contributed by atoms with Crippen molar-refractivity contribution in [3.63, 3.8) is 0 Å². The molecule has 7 heteroatoms. The van der Waals surface area contributed by atoms with Gasteiger partial charge in [-0.25, -0.2) is 0 Å². The number of ether oxygens (including phenoxy) is 3. The van der Waals surface area contributed by atoms with Crippen LogP contribution in [0.15, 0.2) is 23.8 Å². The van der Waals surface area contributed by atoms with E-state index >= 15 is 0 Å². The van der Waals surface area contributed by atoms with Gasteiger partial charge in [-0.1, -0.05) is 25.5 Å². The molecule has 7 atom stereocenters. The first-order valence-electron chi connectivity index (χ1n) is 12.1. The molecular weight excluding hydrogens is 424 g/mol. The molecule has 0 aromatic carbocycles. The lowest BCUT2D eigenvalue weighted by Gasteiger charge is -2.60. The molecule has 0 aromatic heterocycles. The van der Waals surface area contributed by atoms with Gasteiger partial charge in [0.1, 0.15) is 12.4 Å². The van der Waals surface area contributed by atoms with E-state index < -0.39 is 23.1 Å². The van der Waals surface area contributed by atoms with Crippen molar-refractivity contribution in [1.82, 2.24) is 0 Å². The Bertz CT molecular complexity index is 891. The highest BCUT2D eigenvalue weighted by atomic mass is 16.7. The fourth-order valence-electron chi connectivity index (χ4n) is 7.60. The Morgan fingerprint density at radius 2 is 2.00 bits per heavy atom. The van der Waals surface area contributed by atoms with Crippen LogP contribution in [-0.2, 0) is 28.6 Å². The van der Waals surface area contributed by atoms with Crippen LogP contribution in [0.1, 0.15) is 59.8 Å². The van der Waals surface area contributed by atoms with E-state index in [-0.39, 0.29) is 48.1 Å². The number of ketones is 2. The Morgan fingerprint density at radius 1 is 1.24 bits per heavy atom. The molecule has 3 saturated carbocycles. The molecule has 0 aromatic rings. The van der Waals surface area contributed by atoms with Crippen LogP contribution in [0, 0.1) is 28.6 Å². The second-order valence-corrected chi connectivity index (χ2v) is 10.5. The Morgan fingerprint density at radius 3 is 2.70 bits per heavy atom. The summed E-state index contributed by atoms with van der Waals surface area (Å²) in [5.74, 6) is -0.428. The van der Waals surface area contributed by atoms with E-state index in [1.54, 1.807) is 12.2 Å². The maximum Gasteiger partial charge on any atom is 0.303 e. The van der Waals surface area contributed by atoms with Crippen LogP contribution in [0.5, 0.6) is 0 Å². The highest BCUT2D eigenvalue weighted by Gasteiger charge is 2.69. The van der Waals surface area contributed by atoms with Crippen molar-refractivity contribution in [2.75, 3.05) is 20.0 Å². The van der Waals surface area contributed by atoms with Crippen molar-refractivity contribution in [3.8, 4) is 0 Å². The zero-order valence-corrected chi connectivity index (χ0v) is 20.1. The average molecular weight is 461 g/mol. The van der Waals surface area contributed by atoms with E-state index in [1.807, 2.05) is 13.0 Å². The normalized spacial score (nSPS) is 41.6. The molecule has 4 aliphatic carbocycles. The number of aliphatic hydroxyl groups excluding tert-OH is 1. The van der Waals surface area contributed by atoms with Crippen LogP contribution >= 0.6 is 0 Å². The predicted molar refractivity (Wildman–Crippen MR) is 120 cm³/mol. The molecule has 7 nitrogen and oxygen atoms in total. The van der Waals surface area contributed by atoms with Crippen LogP contribution in [0.3, 0.4) is 0 Å². The van der Waals surface area contributed by atoms with Gasteiger partial charge in [0.2, 0.25) is 5.78 Å².